The molecule has 0 bridgehead atoms. The number of hydrogen-bond donors (Lipinski definition) is 1. The van der Waals surface area contributed by atoms with E-state index >= 15 is 0 Å². The van der Waals surface area contributed by atoms with E-state index in [4.69, 9.17) is 16.9 Å². The standard InChI is InChI=1S/C10H5ClN4OS/c11-8-5-13-7(4-14-8)9(16)15-10-6(3-12)1-2-17-10/h1-2,4-5H,(H,15,16). The summed E-state index contributed by atoms with van der Waals surface area (Å²) in [4.78, 5) is 19.3. The molecule has 7 heteroatoms. The first-order valence-electron chi connectivity index (χ1n) is 4.47. The summed E-state index contributed by atoms with van der Waals surface area (Å²) >= 11 is 6.83. The fourth-order valence-electron chi connectivity index (χ4n) is 1.09. The summed E-state index contributed by atoms with van der Waals surface area (Å²) in [6, 6.07) is 3.61. The predicted molar refractivity (Wildman–Crippen MR) is 64.0 cm³/mol. The smallest absolute Gasteiger partial charge is 0.276 e. The third kappa shape index (κ3) is 2.58. The fraction of sp³-hybridized carbons (Fsp3) is 0. The van der Waals surface area contributed by atoms with Gasteiger partial charge in [0.25, 0.3) is 5.91 Å². The number of anilines is 1. The molecule has 84 valence electrons. The molecule has 0 aromatic carbocycles. The quantitative estimate of drug-likeness (QED) is 0.903. The van der Waals surface area contributed by atoms with Gasteiger partial charge in [-0.1, -0.05) is 11.6 Å². The van der Waals surface area contributed by atoms with Crippen LogP contribution in [0.2, 0.25) is 5.15 Å². The number of nitrogens with zero attached hydrogens (tertiary/aromatic N) is 3. The van der Waals surface area contributed by atoms with Gasteiger partial charge >= 0.3 is 0 Å². The van der Waals surface area contributed by atoms with Gasteiger partial charge in [-0.05, 0) is 11.4 Å². The average Bonchev–Trinajstić information content (AvgIpc) is 2.77. The van der Waals surface area contributed by atoms with E-state index < -0.39 is 5.91 Å². The number of nitrogens with one attached hydrogen (secondary N) is 1. The molecule has 0 aliphatic heterocycles. The number of nitriles is 1. The molecule has 0 spiro atoms. The molecule has 0 atom stereocenters. The Bertz CT molecular complexity index is 587. The van der Waals surface area contributed by atoms with Gasteiger partial charge in [-0.15, -0.1) is 11.3 Å². The minimum atomic E-state index is -0.423. The van der Waals surface area contributed by atoms with Crippen molar-refractivity contribution in [2.45, 2.75) is 0 Å². The van der Waals surface area contributed by atoms with Crippen molar-refractivity contribution in [3.63, 3.8) is 0 Å². The first-order valence-corrected chi connectivity index (χ1v) is 5.73. The number of thiophene rings is 1. The molecule has 0 radical (unpaired) electrons. The van der Waals surface area contributed by atoms with Crippen molar-refractivity contribution in [3.05, 3.63) is 40.3 Å². The van der Waals surface area contributed by atoms with Crippen molar-refractivity contribution in [2.75, 3.05) is 5.32 Å². The van der Waals surface area contributed by atoms with Gasteiger partial charge < -0.3 is 5.32 Å². The van der Waals surface area contributed by atoms with Crippen molar-refractivity contribution in [1.82, 2.24) is 9.97 Å². The maximum atomic E-state index is 11.7. The first-order chi connectivity index (χ1) is 8.20. The van der Waals surface area contributed by atoms with E-state index in [1.165, 1.54) is 23.7 Å². The fourth-order valence-corrected chi connectivity index (χ4v) is 1.92. The highest BCUT2D eigenvalue weighted by atomic mass is 35.5. The third-order valence-electron chi connectivity index (χ3n) is 1.87. The zero-order chi connectivity index (χ0) is 12.3. The number of amides is 1. The summed E-state index contributed by atoms with van der Waals surface area (Å²) in [5.74, 6) is -0.423. The molecule has 0 aliphatic rings. The van der Waals surface area contributed by atoms with Gasteiger partial charge in [0.05, 0.1) is 18.0 Å². The summed E-state index contributed by atoms with van der Waals surface area (Å²) in [6.07, 6.45) is 2.56. The minimum Gasteiger partial charge on any atom is -0.311 e. The lowest BCUT2D eigenvalue weighted by Gasteiger charge is -2.01. The summed E-state index contributed by atoms with van der Waals surface area (Å²) in [5, 5.41) is 13.8. The van der Waals surface area contributed by atoms with Crippen molar-refractivity contribution in [1.29, 1.82) is 5.26 Å². The number of aromatic nitrogens is 2. The van der Waals surface area contributed by atoms with Crippen LogP contribution in [0.1, 0.15) is 16.1 Å². The van der Waals surface area contributed by atoms with Gasteiger partial charge in [0.1, 0.15) is 21.9 Å². The lowest BCUT2D eigenvalue weighted by atomic mass is 10.3. The van der Waals surface area contributed by atoms with E-state index in [-0.39, 0.29) is 10.8 Å². The minimum absolute atomic E-state index is 0.145. The van der Waals surface area contributed by atoms with E-state index in [1.807, 2.05) is 6.07 Å². The number of rotatable bonds is 2. The molecule has 0 fully saturated rings. The van der Waals surface area contributed by atoms with Crippen LogP contribution in [0.25, 0.3) is 0 Å². The highest BCUT2D eigenvalue weighted by molar-refractivity contribution is 7.14. The Labute approximate surface area is 106 Å². The van der Waals surface area contributed by atoms with Gasteiger partial charge in [0, 0.05) is 0 Å². The third-order valence-corrected chi connectivity index (χ3v) is 2.89. The Balaban J connectivity index is 2.18. The Kier molecular flexibility index (Phi) is 3.32. The molecule has 0 unspecified atom stereocenters. The van der Waals surface area contributed by atoms with Crippen LogP contribution >= 0.6 is 22.9 Å². The highest BCUT2D eigenvalue weighted by Crippen LogP contribution is 2.22. The number of carbonyl (C=O) groups excluding carboxylic acids is 1. The normalized spacial score (nSPS) is 9.65. The van der Waals surface area contributed by atoms with E-state index in [9.17, 15) is 4.79 Å². The van der Waals surface area contributed by atoms with Crippen LogP contribution in [0.15, 0.2) is 23.8 Å². The van der Waals surface area contributed by atoms with Gasteiger partial charge in [-0.25, -0.2) is 9.97 Å². The van der Waals surface area contributed by atoms with E-state index in [0.717, 1.165) is 0 Å². The lowest BCUT2D eigenvalue weighted by Crippen LogP contribution is -2.13. The van der Waals surface area contributed by atoms with Gasteiger partial charge in [-0.2, -0.15) is 5.26 Å². The average molecular weight is 265 g/mol. The highest BCUT2D eigenvalue weighted by Gasteiger charge is 2.11. The molecule has 0 saturated carbocycles. The van der Waals surface area contributed by atoms with Crippen LogP contribution in [0.3, 0.4) is 0 Å². The molecule has 2 heterocycles. The molecule has 0 saturated heterocycles. The van der Waals surface area contributed by atoms with Crippen molar-refractivity contribution in [2.24, 2.45) is 0 Å². The summed E-state index contributed by atoms with van der Waals surface area (Å²) in [6.45, 7) is 0. The maximum Gasteiger partial charge on any atom is 0.276 e. The van der Waals surface area contributed by atoms with Crippen LogP contribution in [-0.2, 0) is 0 Å². The van der Waals surface area contributed by atoms with Crippen molar-refractivity contribution in [3.8, 4) is 6.07 Å². The molecule has 1 N–H and O–H groups in total. The summed E-state index contributed by atoms with van der Waals surface area (Å²) in [5.41, 5.74) is 0.567. The van der Waals surface area contributed by atoms with E-state index in [1.54, 1.807) is 11.4 Å². The second-order valence-electron chi connectivity index (χ2n) is 2.95. The monoisotopic (exact) mass is 264 g/mol. The van der Waals surface area contributed by atoms with Crippen LogP contribution in [-0.4, -0.2) is 15.9 Å². The predicted octanol–water partition coefficient (Wildman–Crippen LogP) is 2.32. The largest absolute Gasteiger partial charge is 0.311 e. The van der Waals surface area contributed by atoms with Gasteiger partial charge in [0.15, 0.2) is 0 Å². The van der Waals surface area contributed by atoms with Crippen molar-refractivity contribution < 1.29 is 4.79 Å². The Morgan fingerprint density at radius 3 is 2.94 bits per heavy atom. The molecular weight excluding hydrogens is 260 g/mol. The molecule has 2 rings (SSSR count). The second-order valence-corrected chi connectivity index (χ2v) is 4.26. The van der Waals surface area contributed by atoms with Crippen LogP contribution in [0, 0.1) is 11.3 Å². The van der Waals surface area contributed by atoms with Crippen molar-refractivity contribution >= 4 is 33.8 Å². The van der Waals surface area contributed by atoms with E-state index in [2.05, 4.69) is 15.3 Å². The molecule has 2 aromatic heterocycles. The van der Waals surface area contributed by atoms with Crippen LogP contribution in [0.4, 0.5) is 5.00 Å². The Morgan fingerprint density at radius 2 is 2.29 bits per heavy atom. The van der Waals surface area contributed by atoms with Gasteiger partial charge in [0.2, 0.25) is 0 Å². The molecule has 0 aliphatic carbocycles. The maximum absolute atomic E-state index is 11.7. The number of hydrogen-bond acceptors (Lipinski definition) is 5. The van der Waals surface area contributed by atoms with Crippen LogP contribution < -0.4 is 5.32 Å². The Morgan fingerprint density at radius 1 is 1.47 bits per heavy atom. The molecular formula is C10H5ClN4OS. The topological polar surface area (TPSA) is 78.7 Å². The molecule has 17 heavy (non-hydrogen) atoms. The summed E-state index contributed by atoms with van der Waals surface area (Å²) < 4.78 is 0. The molecule has 5 nitrogen and oxygen atoms in total. The number of halogens is 1. The first kappa shape index (κ1) is 11.5. The second kappa shape index (κ2) is 4.91. The molecule has 2 aromatic rings. The SMILES string of the molecule is N#Cc1ccsc1NC(=O)c1cnc(Cl)cn1. The zero-order valence-electron chi connectivity index (χ0n) is 8.35. The van der Waals surface area contributed by atoms with Gasteiger partial charge in [-0.3, -0.25) is 4.79 Å². The van der Waals surface area contributed by atoms with E-state index in [0.29, 0.717) is 10.6 Å². The lowest BCUT2D eigenvalue weighted by molar-refractivity contribution is 0.102. The molecule has 1 amide bonds. The summed E-state index contributed by atoms with van der Waals surface area (Å²) in [7, 11) is 0. The zero-order valence-corrected chi connectivity index (χ0v) is 9.92. The number of carbonyl (C=O) groups is 1. The van der Waals surface area contributed by atoms with Crippen LogP contribution in [0.5, 0.6) is 0 Å². The Hall–Kier alpha value is -1.97.